The first-order valence-corrected chi connectivity index (χ1v) is 5.90. The maximum Gasteiger partial charge on any atom is 0.177 e. The van der Waals surface area contributed by atoms with E-state index in [1.165, 1.54) is 0 Å². The molecule has 1 aromatic carbocycles. The molecule has 0 unspecified atom stereocenters. The summed E-state index contributed by atoms with van der Waals surface area (Å²) in [5.74, 6) is 0. The third-order valence-electron chi connectivity index (χ3n) is 2.94. The third kappa shape index (κ3) is 1.18. The summed E-state index contributed by atoms with van der Waals surface area (Å²) in [6.45, 7) is 0. The molecule has 4 rings (SSSR count). The first-order valence-electron chi connectivity index (χ1n) is 5.52. The number of para-hydroxylation sites is 2. The van der Waals surface area contributed by atoms with E-state index in [0.717, 1.165) is 22.2 Å². The summed E-state index contributed by atoms with van der Waals surface area (Å²) in [4.78, 5) is 13.2. The summed E-state index contributed by atoms with van der Waals surface area (Å²) in [6, 6.07) is 11.6. The number of imidazole rings is 1. The normalized spacial score (nSPS) is 11.6. The monoisotopic (exact) mass is 254 g/mol. The number of hydrogen-bond acceptors (Lipinski definition) is 3. The van der Waals surface area contributed by atoms with E-state index in [9.17, 15) is 0 Å². The molecule has 3 heterocycles. The summed E-state index contributed by atoms with van der Waals surface area (Å²) >= 11 is 6.19. The van der Waals surface area contributed by atoms with Gasteiger partial charge in [-0.3, -0.25) is 4.40 Å². The molecule has 0 N–H and O–H groups in total. The average Bonchev–Trinajstić information content (AvgIpc) is 2.79. The molecule has 0 aliphatic heterocycles. The fourth-order valence-electron chi connectivity index (χ4n) is 2.18. The van der Waals surface area contributed by atoms with Crippen molar-refractivity contribution in [3.8, 4) is 0 Å². The smallest absolute Gasteiger partial charge is 0.177 e. The molecular formula is C13H7ClN4. The number of hydrogen-bond donors (Lipinski definition) is 0. The molecule has 0 atom stereocenters. The van der Waals surface area contributed by atoms with Crippen molar-refractivity contribution in [1.29, 1.82) is 0 Å². The predicted octanol–water partition coefficient (Wildman–Crippen LogP) is 3.08. The number of benzene rings is 1. The molecule has 0 fully saturated rings. The topological polar surface area (TPSA) is 43.1 Å². The Kier molecular flexibility index (Phi) is 1.85. The molecule has 0 aliphatic carbocycles. The maximum absolute atomic E-state index is 6.19. The van der Waals surface area contributed by atoms with Gasteiger partial charge in [-0.05, 0) is 24.3 Å². The highest BCUT2D eigenvalue weighted by molar-refractivity contribution is 6.32. The van der Waals surface area contributed by atoms with E-state index in [2.05, 4.69) is 15.0 Å². The van der Waals surface area contributed by atoms with Gasteiger partial charge in [0, 0.05) is 6.20 Å². The lowest BCUT2D eigenvalue weighted by Crippen LogP contribution is -1.94. The lowest BCUT2D eigenvalue weighted by Gasteiger charge is -2.02. The van der Waals surface area contributed by atoms with Crippen molar-refractivity contribution < 1.29 is 0 Å². The van der Waals surface area contributed by atoms with Crippen LogP contribution >= 0.6 is 11.6 Å². The van der Waals surface area contributed by atoms with Gasteiger partial charge >= 0.3 is 0 Å². The Hall–Kier alpha value is -2.20. The Morgan fingerprint density at radius 1 is 0.889 bits per heavy atom. The van der Waals surface area contributed by atoms with Crippen molar-refractivity contribution in [2.75, 3.05) is 0 Å². The Morgan fingerprint density at radius 3 is 2.67 bits per heavy atom. The van der Waals surface area contributed by atoms with E-state index in [4.69, 9.17) is 11.6 Å². The molecule has 0 aliphatic rings. The highest BCUT2D eigenvalue weighted by atomic mass is 35.5. The fraction of sp³-hybridized carbons (Fsp3) is 0. The highest BCUT2D eigenvalue weighted by Crippen LogP contribution is 2.24. The molecule has 0 saturated carbocycles. The van der Waals surface area contributed by atoms with Crippen LogP contribution in [0.1, 0.15) is 0 Å². The number of nitrogens with zero attached hydrogens (tertiary/aromatic N) is 4. The van der Waals surface area contributed by atoms with Crippen molar-refractivity contribution in [2.24, 2.45) is 0 Å². The van der Waals surface area contributed by atoms with E-state index in [-0.39, 0.29) is 0 Å². The Morgan fingerprint density at radius 2 is 1.72 bits per heavy atom. The second-order valence-corrected chi connectivity index (χ2v) is 4.37. The Labute approximate surface area is 107 Å². The van der Waals surface area contributed by atoms with Crippen LogP contribution in [0.3, 0.4) is 0 Å². The zero-order valence-electron chi connectivity index (χ0n) is 9.21. The number of rotatable bonds is 0. The van der Waals surface area contributed by atoms with E-state index in [0.29, 0.717) is 10.8 Å². The second-order valence-electron chi connectivity index (χ2n) is 4.01. The van der Waals surface area contributed by atoms with Gasteiger partial charge in [0.1, 0.15) is 5.52 Å². The minimum Gasteiger partial charge on any atom is -0.272 e. The average molecular weight is 255 g/mol. The van der Waals surface area contributed by atoms with E-state index >= 15 is 0 Å². The first kappa shape index (κ1) is 9.79. The largest absolute Gasteiger partial charge is 0.272 e. The quantitative estimate of drug-likeness (QED) is 0.484. The molecule has 0 spiro atoms. The number of pyridine rings is 1. The minimum absolute atomic E-state index is 0.395. The van der Waals surface area contributed by atoms with Crippen LogP contribution in [0, 0.1) is 0 Å². The van der Waals surface area contributed by atoms with Crippen molar-refractivity contribution in [3.05, 3.63) is 47.7 Å². The predicted molar refractivity (Wildman–Crippen MR) is 70.8 cm³/mol. The SMILES string of the molecule is Clc1nc2cccnc2n2c1nc1ccccc12. The van der Waals surface area contributed by atoms with E-state index in [1.54, 1.807) is 6.20 Å². The lowest BCUT2D eigenvalue weighted by molar-refractivity contribution is 1.18. The van der Waals surface area contributed by atoms with Gasteiger partial charge in [0.05, 0.1) is 11.0 Å². The summed E-state index contributed by atoms with van der Waals surface area (Å²) in [5.41, 5.74) is 4.05. The summed E-state index contributed by atoms with van der Waals surface area (Å²) in [6.07, 6.45) is 1.74. The molecule has 4 nitrogen and oxygen atoms in total. The van der Waals surface area contributed by atoms with E-state index in [1.807, 2.05) is 40.8 Å². The number of aromatic nitrogens is 4. The lowest BCUT2D eigenvalue weighted by atomic mass is 10.3. The number of halogens is 1. The third-order valence-corrected chi connectivity index (χ3v) is 3.20. The van der Waals surface area contributed by atoms with Crippen molar-refractivity contribution in [3.63, 3.8) is 0 Å². The van der Waals surface area contributed by atoms with Gasteiger partial charge in [-0.15, -0.1) is 0 Å². The molecule has 86 valence electrons. The van der Waals surface area contributed by atoms with Crippen LogP contribution in [-0.4, -0.2) is 19.4 Å². The van der Waals surface area contributed by atoms with Crippen LogP contribution in [0.5, 0.6) is 0 Å². The van der Waals surface area contributed by atoms with Crippen LogP contribution in [0.15, 0.2) is 42.6 Å². The molecule has 0 amide bonds. The standard InChI is InChI=1S/C13H7ClN4/c14-11-13-17-8-4-1-2-6-10(8)18(13)12-9(16-11)5-3-7-15-12/h1-7H. The molecule has 0 bridgehead atoms. The number of fused-ring (bicyclic) bond motifs is 5. The van der Waals surface area contributed by atoms with Gasteiger partial charge in [0.25, 0.3) is 0 Å². The van der Waals surface area contributed by atoms with Crippen LogP contribution in [0.25, 0.3) is 27.8 Å². The zero-order chi connectivity index (χ0) is 12.1. The summed E-state index contributed by atoms with van der Waals surface area (Å²) in [7, 11) is 0. The van der Waals surface area contributed by atoms with Crippen LogP contribution in [0.2, 0.25) is 5.15 Å². The second kappa shape index (κ2) is 3.40. The van der Waals surface area contributed by atoms with Gasteiger partial charge in [0.2, 0.25) is 0 Å². The summed E-state index contributed by atoms with van der Waals surface area (Å²) in [5, 5.41) is 0.395. The van der Waals surface area contributed by atoms with Gasteiger partial charge < -0.3 is 0 Å². The van der Waals surface area contributed by atoms with Crippen LogP contribution in [-0.2, 0) is 0 Å². The summed E-state index contributed by atoms with van der Waals surface area (Å²) < 4.78 is 1.94. The van der Waals surface area contributed by atoms with Crippen LogP contribution < -0.4 is 0 Å². The maximum atomic E-state index is 6.19. The van der Waals surface area contributed by atoms with E-state index < -0.39 is 0 Å². The van der Waals surface area contributed by atoms with Gasteiger partial charge in [0.15, 0.2) is 16.4 Å². The van der Waals surface area contributed by atoms with Gasteiger partial charge in [-0.25, -0.2) is 15.0 Å². The van der Waals surface area contributed by atoms with Crippen molar-refractivity contribution in [2.45, 2.75) is 0 Å². The minimum atomic E-state index is 0.395. The highest BCUT2D eigenvalue weighted by Gasteiger charge is 2.12. The van der Waals surface area contributed by atoms with Gasteiger partial charge in [-0.2, -0.15) is 0 Å². The molecule has 0 saturated heterocycles. The van der Waals surface area contributed by atoms with Crippen molar-refractivity contribution >= 4 is 39.4 Å². The zero-order valence-corrected chi connectivity index (χ0v) is 9.96. The van der Waals surface area contributed by atoms with Crippen molar-refractivity contribution in [1.82, 2.24) is 19.4 Å². The molecule has 5 heteroatoms. The molecule has 3 aromatic heterocycles. The van der Waals surface area contributed by atoms with Gasteiger partial charge in [-0.1, -0.05) is 23.7 Å². The Bertz CT molecular complexity index is 897. The molecule has 18 heavy (non-hydrogen) atoms. The molecular weight excluding hydrogens is 248 g/mol. The molecule has 4 aromatic rings. The van der Waals surface area contributed by atoms with Crippen LogP contribution in [0.4, 0.5) is 0 Å². The molecule has 0 radical (unpaired) electrons. The Balaban J connectivity index is 2.41. The first-order chi connectivity index (χ1) is 8.84. The fourth-order valence-corrected chi connectivity index (χ4v) is 2.40.